The van der Waals surface area contributed by atoms with Crippen molar-refractivity contribution in [2.24, 2.45) is 0 Å². The van der Waals surface area contributed by atoms with Gasteiger partial charge in [-0.1, -0.05) is 6.92 Å². The Morgan fingerprint density at radius 3 is 3.00 bits per heavy atom. The normalized spacial score (nSPS) is 9.80. The van der Waals surface area contributed by atoms with Crippen LogP contribution in [0.25, 0.3) is 0 Å². The minimum absolute atomic E-state index is 0.739. The van der Waals surface area contributed by atoms with Gasteiger partial charge in [-0.2, -0.15) is 0 Å². The van der Waals surface area contributed by atoms with E-state index in [-0.39, 0.29) is 0 Å². The number of ether oxygens (including phenoxy) is 1. The number of H-pyrrole nitrogens is 1. The molecule has 3 heteroatoms. The molecule has 0 spiro atoms. The van der Waals surface area contributed by atoms with Crippen LogP contribution in [0.15, 0.2) is 6.20 Å². The van der Waals surface area contributed by atoms with Crippen molar-refractivity contribution in [3.05, 3.63) is 12.0 Å². The van der Waals surface area contributed by atoms with Gasteiger partial charge >= 0.3 is 0 Å². The van der Waals surface area contributed by atoms with Crippen molar-refractivity contribution in [3.63, 3.8) is 0 Å². The molecule has 1 rings (SSSR count). The lowest BCUT2D eigenvalue weighted by atomic mass is 10.3. The molecule has 0 aliphatic heterocycles. The minimum Gasteiger partial charge on any atom is -0.481 e. The van der Waals surface area contributed by atoms with E-state index in [0.29, 0.717) is 0 Å². The quantitative estimate of drug-likeness (QED) is 0.688. The van der Waals surface area contributed by atoms with E-state index in [1.165, 1.54) is 0 Å². The standard InChI is InChI=1S/C7H12N2O/c1-3-4-6-8-5-7(9-6)10-2/h5H,3-4H2,1-2H3,(H,8,9). The zero-order valence-electron chi connectivity index (χ0n) is 6.35. The van der Waals surface area contributed by atoms with Crippen molar-refractivity contribution < 1.29 is 4.74 Å². The molecule has 0 aliphatic carbocycles. The first-order valence-corrected chi connectivity index (χ1v) is 3.44. The zero-order valence-corrected chi connectivity index (χ0v) is 6.35. The fourth-order valence-corrected chi connectivity index (χ4v) is 0.811. The predicted molar refractivity (Wildman–Crippen MR) is 39.1 cm³/mol. The Labute approximate surface area is 60.4 Å². The first-order chi connectivity index (χ1) is 4.86. The van der Waals surface area contributed by atoms with Crippen LogP contribution in [0.5, 0.6) is 5.88 Å². The molecule has 0 unspecified atom stereocenters. The van der Waals surface area contributed by atoms with Crippen molar-refractivity contribution >= 4 is 0 Å². The van der Waals surface area contributed by atoms with Crippen LogP contribution < -0.4 is 4.74 Å². The van der Waals surface area contributed by atoms with Gasteiger partial charge in [-0.15, -0.1) is 0 Å². The number of nitrogens with one attached hydrogen (secondary N) is 1. The van der Waals surface area contributed by atoms with Crippen LogP contribution >= 0.6 is 0 Å². The summed E-state index contributed by atoms with van der Waals surface area (Å²) in [7, 11) is 1.63. The molecule has 0 radical (unpaired) electrons. The highest BCUT2D eigenvalue weighted by molar-refractivity contribution is 5.06. The second-order valence-electron chi connectivity index (χ2n) is 2.15. The van der Waals surface area contributed by atoms with Gasteiger partial charge < -0.3 is 9.72 Å². The molecule has 1 aromatic rings. The molecule has 1 N–H and O–H groups in total. The van der Waals surface area contributed by atoms with Crippen molar-refractivity contribution in [1.82, 2.24) is 9.97 Å². The van der Waals surface area contributed by atoms with Crippen LogP contribution in [0.2, 0.25) is 0 Å². The number of aromatic amines is 1. The summed E-state index contributed by atoms with van der Waals surface area (Å²) in [5.74, 6) is 1.74. The molecule has 10 heavy (non-hydrogen) atoms. The highest BCUT2D eigenvalue weighted by Crippen LogP contribution is 2.05. The summed E-state index contributed by atoms with van der Waals surface area (Å²) in [5, 5.41) is 0. The monoisotopic (exact) mass is 140 g/mol. The second-order valence-corrected chi connectivity index (χ2v) is 2.15. The summed E-state index contributed by atoms with van der Waals surface area (Å²) in [6.45, 7) is 2.12. The smallest absolute Gasteiger partial charge is 0.210 e. The van der Waals surface area contributed by atoms with E-state index in [1.54, 1.807) is 13.3 Å². The lowest BCUT2D eigenvalue weighted by molar-refractivity contribution is 0.399. The number of hydrogen-bond acceptors (Lipinski definition) is 2. The van der Waals surface area contributed by atoms with E-state index in [2.05, 4.69) is 16.9 Å². The largest absolute Gasteiger partial charge is 0.481 e. The highest BCUT2D eigenvalue weighted by Gasteiger charge is 1.96. The number of methoxy groups -OCH3 is 1. The number of hydrogen-bond donors (Lipinski definition) is 1. The number of imidazole rings is 1. The zero-order chi connectivity index (χ0) is 7.40. The molecular weight excluding hydrogens is 128 g/mol. The van der Waals surface area contributed by atoms with Crippen LogP contribution in [-0.2, 0) is 6.42 Å². The Morgan fingerprint density at radius 2 is 2.50 bits per heavy atom. The van der Waals surface area contributed by atoms with Crippen molar-refractivity contribution in [1.29, 1.82) is 0 Å². The van der Waals surface area contributed by atoms with Gasteiger partial charge in [0.25, 0.3) is 0 Å². The van der Waals surface area contributed by atoms with Gasteiger partial charge in [-0.3, -0.25) is 0 Å². The van der Waals surface area contributed by atoms with E-state index in [1.807, 2.05) is 0 Å². The summed E-state index contributed by atoms with van der Waals surface area (Å²) < 4.78 is 4.92. The summed E-state index contributed by atoms with van der Waals surface area (Å²) in [6, 6.07) is 0. The fourth-order valence-electron chi connectivity index (χ4n) is 0.811. The number of rotatable bonds is 3. The molecule has 1 aromatic heterocycles. The fraction of sp³-hybridized carbons (Fsp3) is 0.571. The van der Waals surface area contributed by atoms with Crippen LogP contribution in [0.3, 0.4) is 0 Å². The molecule has 0 saturated heterocycles. The van der Waals surface area contributed by atoms with E-state index in [0.717, 1.165) is 24.5 Å². The topological polar surface area (TPSA) is 37.9 Å². The third-order valence-corrected chi connectivity index (χ3v) is 1.31. The van der Waals surface area contributed by atoms with E-state index >= 15 is 0 Å². The van der Waals surface area contributed by atoms with Crippen LogP contribution in [0, 0.1) is 0 Å². The minimum atomic E-state index is 0.739. The molecule has 0 saturated carbocycles. The summed E-state index contributed by atoms with van der Waals surface area (Å²) in [4.78, 5) is 7.13. The van der Waals surface area contributed by atoms with Gasteiger partial charge in [0.15, 0.2) is 0 Å². The Hall–Kier alpha value is -0.990. The number of nitrogens with zero attached hydrogens (tertiary/aromatic N) is 1. The second kappa shape index (κ2) is 3.25. The summed E-state index contributed by atoms with van der Waals surface area (Å²) in [5.41, 5.74) is 0. The van der Waals surface area contributed by atoms with Crippen LogP contribution in [0.4, 0.5) is 0 Å². The Kier molecular flexibility index (Phi) is 2.31. The molecule has 0 atom stereocenters. The van der Waals surface area contributed by atoms with Gasteiger partial charge in [0.1, 0.15) is 5.82 Å². The average molecular weight is 140 g/mol. The molecule has 0 fully saturated rings. The summed E-state index contributed by atoms with van der Waals surface area (Å²) >= 11 is 0. The first-order valence-electron chi connectivity index (χ1n) is 3.44. The van der Waals surface area contributed by atoms with E-state index in [4.69, 9.17) is 4.74 Å². The molecule has 3 nitrogen and oxygen atoms in total. The molecular formula is C7H12N2O. The molecule has 0 amide bonds. The van der Waals surface area contributed by atoms with Gasteiger partial charge in [-0.05, 0) is 6.42 Å². The predicted octanol–water partition coefficient (Wildman–Crippen LogP) is 1.37. The van der Waals surface area contributed by atoms with Gasteiger partial charge in [0.2, 0.25) is 5.88 Å². The van der Waals surface area contributed by atoms with Gasteiger partial charge in [0, 0.05) is 6.42 Å². The molecule has 0 bridgehead atoms. The summed E-state index contributed by atoms with van der Waals surface area (Å²) in [6.07, 6.45) is 3.80. The Bertz CT molecular complexity index is 195. The van der Waals surface area contributed by atoms with Crippen molar-refractivity contribution in [2.75, 3.05) is 7.11 Å². The number of aryl methyl sites for hydroxylation is 1. The Balaban J connectivity index is 2.59. The molecule has 56 valence electrons. The molecule has 0 aliphatic rings. The molecule has 0 aromatic carbocycles. The lowest BCUT2D eigenvalue weighted by Crippen LogP contribution is -1.86. The first kappa shape index (κ1) is 7.12. The third-order valence-electron chi connectivity index (χ3n) is 1.31. The van der Waals surface area contributed by atoms with Gasteiger partial charge in [0.05, 0.1) is 13.3 Å². The van der Waals surface area contributed by atoms with E-state index in [9.17, 15) is 0 Å². The molecule has 1 heterocycles. The Morgan fingerprint density at radius 1 is 1.70 bits per heavy atom. The highest BCUT2D eigenvalue weighted by atomic mass is 16.5. The lowest BCUT2D eigenvalue weighted by Gasteiger charge is -1.91. The van der Waals surface area contributed by atoms with Crippen LogP contribution in [0.1, 0.15) is 19.2 Å². The third kappa shape index (κ3) is 1.50. The van der Waals surface area contributed by atoms with E-state index < -0.39 is 0 Å². The van der Waals surface area contributed by atoms with Gasteiger partial charge in [-0.25, -0.2) is 4.98 Å². The maximum absolute atomic E-state index is 4.92. The van der Waals surface area contributed by atoms with Crippen molar-refractivity contribution in [2.45, 2.75) is 19.8 Å². The SMILES string of the molecule is CCCc1ncc(OC)[nH]1. The number of aromatic nitrogens is 2. The van der Waals surface area contributed by atoms with Crippen LogP contribution in [-0.4, -0.2) is 17.1 Å². The maximum atomic E-state index is 4.92. The maximum Gasteiger partial charge on any atom is 0.210 e. The van der Waals surface area contributed by atoms with Crippen molar-refractivity contribution in [3.8, 4) is 5.88 Å². The average Bonchev–Trinajstić information content (AvgIpc) is 2.37.